The standard InChI is InChI=1S/C12H18Si/c1-13(2,3)9-5-7-6-4-8-10(7)12(8)11(6)9/h5-8,10-12H,4H2,1-3H3. The first kappa shape index (κ1) is 7.28. The molecule has 0 N–H and O–H groups in total. The molecule has 0 aromatic heterocycles. The van der Waals surface area contributed by atoms with Crippen molar-refractivity contribution in [2.75, 3.05) is 0 Å². The van der Waals surface area contributed by atoms with Gasteiger partial charge in [0.25, 0.3) is 0 Å². The summed E-state index contributed by atoms with van der Waals surface area (Å²) in [5, 5.41) is 1.96. The summed E-state index contributed by atoms with van der Waals surface area (Å²) < 4.78 is 0. The van der Waals surface area contributed by atoms with Gasteiger partial charge in [-0.2, -0.15) is 0 Å². The van der Waals surface area contributed by atoms with Crippen molar-refractivity contribution in [1.82, 2.24) is 0 Å². The van der Waals surface area contributed by atoms with E-state index in [1.165, 1.54) is 17.8 Å². The highest BCUT2D eigenvalue weighted by molar-refractivity contribution is 6.83. The Morgan fingerprint density at radius 1 is 1.15 bits per heavy atom. The van der Waals surface area contributed by atoms with Crippen LogP contribution in [-0.2, 0) is 0 Å². The molecule has 4 saturated carbocycles. The molecule has 0 aliphatic heterocycles. The molecular weight excluding hydrogens is 172 g/mol. The molecule has 6 atom stereocenters. The van der Waals surface area contributed by atoms with Crippen LogP contribution < -0.4 is 0 Å². The number of allylic oxidation sites excluding steroid dienone is 2. The maximum atomic E-state index is 2.73. The predicted molar refractivity (Wildman–Crippen MR) is 57.0 cm³/mol. The zero-order valence-electron chi connectivity index (χ0n) is 8.75. The van der Waals surface area contributed by atoms with Crippen molar-refractivity contribution in [3.05, 3.63) is 11.3 Å². The highest BCUT2D eigenvalue weighted by Crippen LogP contribution is 2.80. The normalized spacial score (nSPS) is 60.1. The number of hydrogen-bond acceptors (Lipinski definition) is 0. The fraction of sp³-hybridized carbons (Fsp3) is 0.833. The maximum Gasteiger partial charge on any atom is 0.0724 e. The number of hydrogen-bond donors (Lipinski definition) is 0. The molecule has 13 heavy (non-hydrogen) atoms. The van der Waals surface area contributed by atoms with Crippen LogP contribution in [0.2, 0.25) is 19.6 Å². The molecule has 6 unspecified atom stereocenters. The molecule has 70 valence electrons. The van der Waals surface area contributed by atoms with Crippen LogP contribution in [0.15, 0.2) is 11.3 Å². The quantitative estimate of drug-likeness (QED) is 0.558. The summed E-state index contributed by atoms with van der Waals surface area (Å²) in [7, 11) is -0.947. The van der Waals surface area contributed by atoms with Gasteiger partial charge < -0.3 is 0 Å². The lowest BCUT2D eigenvalue weighted by Crippen LogP contribution is -2.29. The first-order valence-corrected chi connectivity index (χ1v) is 9.31. The van der Waals surface area contributed by atoms with Crippen molar-refractivity contribution in [3.63, 3.8) is 0 Å². The van der Waals surface area contributed by atoms with Crippen LogP contribution in [-0.4, -0.2) is 8.07 Å². The second-order valence-corrected chi connectivity index (χ2v) is 11.8. The van der Waals surface area contributed by atoms with Gasteiger partial charge in [-0.25, -0.2) is 0 Å². The highest BCUT2D eigenvalue weighted by atomic mass is 28.3. The van der Waals surface area contributed by atoms with E-state index < -0.39 is 8.07 Å². The van der Waals surface area contributed by atoms with Gasteiger partial charge in [0, 0.05) is 0 Å². The van der Waals surface area contributed by atoms with Crippen LogP contribution in [0.3, 0.4) is 0 Å². The fourth-order valence-corrected chi connectivity index (χ4v) is 7.06. The minimum absolute atomic E-state index is 0.947. The highest BCUT2D eigenvalue weighted by Gasteiger charge is 2.75. The maximum absolute atomic E-state index is 2.73. The van der Waals surface area contributed by atoms with Crippen molar-refractivity contribution in [1.29, 1.82) is 0 Å². The van der Waals surface area contributed by atoms with Crippen LogP contribution in [0, 0.1) is 35.5 Å². The summed E-state index contributed by atoms with van der Waals surface area (Å²) in [6, 6.07) is 0. The fourth-order valence-electron chi connectivity index (χ4n) is 4.96. The third-order valence-electron chi connectivity index (χ3n) is 5.25. The zero-order valence-corrected chi connectivity index (χ0v) is 9.75. The van der Waals surface area contributed by atoms with Crippen molar-refractivity contribution in [2.24, 2.45) is 35.5 Å². The lowest BCUT2D eigenvalue weighted by Gasteiger charge is -2.26. The summed E-state index contributed by atoms with van der Waals surface area (Å²) in [5.41, 5.74) is 0. The summed E-state index contributed by atoms with van der Waals surface area (Å²) in [6.45, 7) is 7.61. The Morgan fingerprint density at radius 3 is 2.38 bits per heavy atom. The van der Waals surface area contributed by atoms with Gasteiger partial charge in [-0.15, -0.1) is 0 Å². The van der Waals surface area contributed by atoms with E-state index in [0.29, 0.717) is 0 Å². The molecule has 0 heterocycles. The Hall–Kier alpha value is -0.0431. The van der Waals surface area contributed by atoms with E-state index in [9.17, 15) is 0 Å². The lowest BCUT2D eigenvalue weighted by atomic mass is 9.99. The van der Waals surface area contributed by atoms with Crippen molar-refractivity contribution < 1.29 is 0 Å². The van der Waals surface area contributed by atoms with E-state index >= 15 is 0 Å². The van der Waals surface area contributed by atoms with Crippen molar-refractivity contribution >= 4 is 8.07 Å². The minimum Gasteiger partial charge on any atom is -0.0852 e. The molecule has 5 aliphatic carbocycles. The molecule has 0 aromatic carbocycles. The van der Waals surface area contributed by atoms with Crippen LogP contribution in [0.4, 0.5) is 0 Å². The Labute approximate surface area is 81.4 Å². The van der Waals surface area contributed by atoms with E-state index in [1.807, 2.05) is 5.20 Å². The van der Waals surface area contributed by atoms with Crippen LogP contribution in [0.1, 0.15) is 6.42 Å². The van der Waals surface area contributed by atoms with Gasteiger partial charge in [0.05, 0.1) is 8.07 Å². The second-order valence-electron chi connectivity index (χ2n) is 6.69. The molecule has 0 nitrogen and oxygen atoms in total. The molecule has 5 aliphatic rings. The first-order valence-electron chi connectivity index (χ1n) is 5.81. The van der Waals surface area contributed by atoms with E-state index in [2.05, 4.69) is 25.7 Å². The largest absolute Gasteiger partial charge is 0.0852 e. The Morgan fingerprint density at radius 2 is 1.92 bits per heavy atom. The SMILES string of the molecule is C[Si](C)(C)C1=CC2C3CC4C2C4C13. The van der Waals surface area contributed by atoms with Gasteiger partial charge in [-0.1, -0.05) is 30.9 Å². The Balaban J connectivity index is 1.82. The number of rotatable bonds is 1. The Bertz CT molecular complexity index is 323. The third-order valence-corrected chi connectivity index (χ3v) is 7.48. The molecule has 6 bridgehead atoms. The summed E-state index contributed by atoms with van der Waals surface area (Å²) in [6.07, 6.45) is 4.34. The van der Waals surface area contributed by atoms with Gasteiger partial charge in [0.1, 0.15) is 0 Å². The average molecular weight is 190 g/mol. The molecule has 0 spiro atoms. The predicted octanol–water partition coefficient (Wildman–Crippen LogP) is 2.93. The molecule has 0 radical (unpaired) electrons. The minimum atomic E-state index is -0.947. The van der Waals surface area contributed by atoms with Crippen LogP contribution >= 0.6 is 0 Å². The molecular formula is C12H18Si. The second kappa shape index (κ2) is 1.71. The van der Waals surface area contributed by atoms with Crippen molar-refractivity contribution in [2.45, 2.75) is 26.1 Å². The molecule has 0 saturated heterocycles. The van der Waals surface area contributed by atoms with Gasteiger partial charge in [-0.3, -0.25) is 0 Å². The van der Waals surface area contributed by atoms with Crippen LogP contribution in [0.25, 0.3) is 0 Å². The third kappa shape index (κ3) is 0.613. The summed E-state index contributed by atoms with van der Waals surface area (Å²) >= 11 is 0. The Kier molecular flexibility index (Phi) is 0.958. The molecule has 0 aromatic rings. The van der Waals surface area contributed by atoms with Crippen molar-refractivity contribution in [3.8, 4) is 0 Å². The summed E-state index contributed by atoms with van der Waals surface area (Å²) in [4.78, 5) is 0. The van der Waals surface area contributed by atoms with Gasteiger partial charge in [0.15, 0.2) is 0 Å². The topological polar surface area (TPSA) is 0 Å². The first-order chi connectivity index (χ1) is 6.09. The van der Waals surface area contributed by atoms with E-state index in [0.717, 1.165) is 17.8 Å². The molecule has 1 heteroatoms. The van der Waals surface area contributed by atoms with E-state index in [-0.39, 0.29) is 0 Å². The zero-order chi connectivity index (χ0) is 8.96. The molecule has 4 fully saturated rings. The van der Waals surface area contributed by atoms with Gasteiger partial charge in [0.2, 0.25) is 0 Å². The van der Waals surface area contributed by atoms with E-state index in [4.69, 9.17) is 0 Å². The molecule has 5 rings (SSSR count). The van der Waals surface area contributed by atoms with Crippen LogP contribution in [0.5, 0.6) is 0 Å². The van der Waals surface area contributed by atoms with Gasteiger partial charge in [-0.05, 0) is 41.9 Å². The monoisotopic (exact) mass is 190 g/mol. The average Bonchev–Trinajstić information content (AvgIpc) is 2.45. The summed E-state index contributed by atoms with van der Waals surface area (Å²) in [5.74, 6) is 6.90. The molecule has 0 amide bonds. The van der Waals surface area contributed by atoms with Gasteiger partial charge >= 0.3 is 0 Å². The van der Waals surface area contributed by atoms with E-state index in [1.54, 1.807) is 6.42 Å². The smallest absolute Gasteiger partial charge is 0.0724 e. The lowest BCUT2D eigenvalue weighted by molar-refractivity contribution is 0.466.